The quantitative estimate of drug-likeness (QED) is 0.747. The molecule has 0 bridgehead atoms. The van der Waals surface area contributed by atoms with Crippen molar-refractivity contribution in [2.24, 2.45) is 0 Å². The average Bonchev–Trinajstić information content (AvgIpc) is 2.82. The number of hydrogen-bond donors (Lipinski definition) is 1. The molecule has 17 heavy (non-hydrogen) atoms. The highest BCUT2D eigenvalue weighted by molar-refractivity contribution is 7.21. The average molecular weight is 241 g/mol. The van der Waals surface area contributed by atoms with E-state index in [0.29, 0.717) is 0 Å². The molecule has 0 saturated heterocycles. The van der Waals surface area contributed by atoms with E-state index in [1.54, 1.807) is 23.7 Å². The van der Waals surface area contributed by atoms with Crippen molar-refractivity contribution in [2.45, 2.75) is 0 Å². The Bertz CT molecular complexity index is 627. The predicted molar refractivity (Wildman–Crippen MR) is 72.4 cm³/mol. The molecule has 0 aliphatic rings. The second kappa shape index (κ2) is 4.14. The highest BCUT2D eigenvalue weighted by atomic mass is 32.1. The van der Waals surface area contributed by atoms with Gasteiger partial charge in [0.05, 0.1) is 10.9 Å². The van der Waals surface area contributed by atoms with Crippen molar-refractivity contribution in [3.63, 3.8) is 0 Å². The van der Waals surface area contributed by atoms with Crippen molar-refractivity contribution < 1.29 is 0 Å². The Morgan fingerprint density at radius 1 is 1.18 bits per heavy atom. The number of benzene rings is 1. The fraction of sp³-hybridized carbons (Fsp3) is 0.0769. The minimum Gasteiger partial charge on any atom is -0.388 e. The van der Waals surface area contributed by atoms with Gasteiger partial charge in [0.1, 0.15) is 10.5 Å². The molecule has 0 aliphatic carbocycles. The van der Waals surface area contributed by atoms with Crippen molar-refractivity contribution in [3.8, 4) is 10.6 Å². The second-order valence-corrected chi connectivity index (χ2v) is 4.69. The van der Waals surface area contributed by atoms with E-state index in [4.69, 9.17) is 0 Å². The molecule has 2 heterocycles. The summed E-state index contributed by atoms with van der Waals surface area (Å²) >= 11 is 1.69. The number of fused-ring (bicyclic) bond motifs is 1. The third-order valence-corrected chi connectivity index (χ3v) is 3.69. The predicted octanol–water partition coefficient (Wildman–Crippen LogP) is 3.40. The third-order valence-electron chi connectivity index (χ3n) is 2.62. The summed E-state index contributed by atoms with van der Waals surface area (Å²) in [6, 6.07) is 10.2. The number of rotatable bonds is 2. The maximum absolute atomic E-state index is 4.61. The van der Waals surface area contributed by atoms with Crippen molar-refractivity contribution in [2.75, 3.05) is 12.4 Å². The number of nitrogens with one attached hydrogen (secondary N) is 1. The maximum Gasteiger partial charge on any atom is 0.126 e. The maximum atomic E-state index is 4.61. The van der Waals surface area contributed by atoms with Crippen LogP contribution in [0.1, 0.15) is 0 Å². The zero-order valence-corrected chi connectivity index (χ0v) is 10.2. The van der Waals surface area contributed by atoms with Crippen LogP contribution in [-0.2, 0) is 0 Å². The fourth-order valence-corrected chi connectivity index (χ4v) is 2.75. The molecule has 0 unspecified atom stereocenters. The Morgan fingerprint density at radius 2 is 2.06 bits per heavy atom. The molecule has 3 rings (SSSR count). The Labute approximate surface area is 103 Å². The largest absolute Gasteiger partial charge is 0.388 e. The Morgan fingerprint density at radius 3 is 2.88 bits per heavy atom. The van der Waals surface area contributed by atoms with Gasteiger partial charge in [0.25, 0.3) is 0 Å². The first-order valence-electron chi connectivity index (χ1n) is 5.36. The van der Waals surface area contributed by atoms with Gasteiger partial charge in [-0.1, -0.05) is 12.1 Å². The summed E-state index contributed by atoms with van der Waals surface area (Å²) < 4.78 is 1.17. The molecule has 4 heteroatoms. The standard InChI is InChI=1S/C13H11N3S/c1-14-10-5-3-2-4-9(10)13-16-11-8-15-7-6-12(11)17-13/h2-8,14H,1H3. The fourth-order valence-electron chi connectivity index (χ4n) is 1.78. The lowest BCUT2D eigenvalue weighted by Crippen LogP contribution is -1.90. The van der Waals surface area contributed by atoms with E-state index in [1.807, 2.05) is 25.2 Å². The Balaban J connectivity index is 2.20. The van der Waals surface area contributed by atoms with Crippen LogP contribution in [0.25, 0.3) is 20.8 Å². The van der Waals surface area contributed by atoms with E-state index in [9.17, 15) is 0 Å². The van der Waals surface area contributed by atoms with Crippen LogP contribution in [0.3, 0.4) is 0 Å². The van der Waals surface area contributed by atoms with Crippen molar-refractivity contribution >= 4 is 27.2 Å². The van der Waals surface area contributed by atoms with Gasteiger partial charge in [0.2, 0.25) is 0 Å². The van der Waals surface area contributed by atoms with Gasteiger partial charge in [-0.05, 0) is 18.2 Å². The number of hydrogen-bond acceptors (Lipinski definition) is 4. The summed E-state index contributed by atoms with van der Waals surface area (Å²) in [6.07, 6.45) is 3.60. The van der Waals surface area contributed by atoms with Gasteiger partial charge in [-0.15, -0.1) is 11.3 Å². The van der Waals surface area contributed by atoms with Crippen LogP contribution < -0.4 is 5.32 Å². The van der Waals surface area contributed by atoms with Crippen molar-refractivity contribution in [3.05, 3.63) is 42.7 Å². The Hall–Kier alpha value is -1.94. The summed E-state index contributed by atoms with van der Waals surface area (Å²) in [5.41, 5.74) is 3.19. The van der Waals surface area contributed by atoms with Crippen LogP contribution in [0.2, 0.25) is 0 Å². The topological polar surface area (TPSA) is 37.8 Å². The van der Waals surface area contributed by atoms with E-state index in [1.165, 1.54) is 4.70 Å². The molecule has 3 aromatic rings. The van der Waals surface area contributed by atoms with Gasteiger partial charge in [-0.25, -0.2) is 4.98 Å². The lowest BCUT2D eigenvalue weighted by Gasteiger charge is -2.04. The molecule has 0 aliphatic heterocycles. The van der Waals surface area contributed by atoms with Crippen LogP contribution in [0.4, 0.5) is 5.69 Å². The molecule has 2 aromatic heterocycles. The van der Waals surface area contributed by atoms with Gasteiger partial charge >= 0.3 is 0 Å². The number of anilines is 1. The smallest absolute Gasteiger partial charge is 0.126 e. The van der Waals surface area contributed by atoms with E-state index in [-0.39, 0.29) is 0 Å². The van der Waals surface area contributed by atoms with E-state index in [2.05, 4.69) is 27.4 Å². The molecule has 0 fully saturated rings. The van der Waals surface area contributed by atoms with Crippen LogP contribution >= 0.6 is 11.3 Å². The third kappa shape index (κ3) is 1.76. The van der Waals surface area contributed by atoms with Gasteiger partial charge in [0.15, 0.2) is 0 Å². The van der Waals surface area contributed by atoms with Crippen LogP contribution in [0.5, 0.6) is 0 Å². The van der Waals surface area contributed by atoms with Gasteiger partial charge in [-0.3, -0.25) is 4.98 Å². The summed E-state index contributed by atoms with van der Waals surface area (Å²) in [7, 11) is 1.92. The lowest BCUT2D eigenvalue weighted by atomic mass is 10.2. The molecule has 1 N–H and O–H groups in total. The normalized spacial score (nSPS) is 10.6. The van der Waals surface area contributed by atoms with Crippen LogP contribution in [0.15, 0.2) is 42.7 Å². The lowest BCUT2D eigenvalue weighted by molar-refractivity contribution is 1.34. The number of nitrogens with zero attached hydrogens (tertiary/aromatic N) is 2. The number of thiazole rings is 1. The minimum atomic E-state index is 0.957. The minimum absolute atomic E-state index is 0.957. The van der Waals surface area contributed by atoms with E-state index in [0.717, 1.165) is 21.8 Å². The number of para-hydroxylation sites is 1. The number of aromatic nitrogens is 2. The zero-order chi connectivity index (χ0) is 11.7. The Kier molecular flexibility index (Phi) is 2.49. The molecule has 0 spiro atoms. The van der Waals surface area contributed by atoms with Crippen LogP contribution in [0, 0.1) is 0 Å². The SMILES string of the molecule is CNc1ccccc1-c1nc2cnccc2s1. The van der Waals surface area contributed by atoms with Gasteiger partial charge in [-0.2, -0.15) is 0 Å². The highest BCUT2D eigenvalue weighted by Gasteiger charge is 2.08. The van der Waals surface area contributed by atoms with Crippen molar-refractivity contribution in [1.82, 2.24) is 9.97 Å². The monoisotopic (exact) mass is 241 g/mol. The molecule has 1 aromatic carbocycles. The molecule has 0 atom stereocenters. The number of pyridine rings is 1. The van der Waals surface area contributed by atoms with E-state index < -0.39 is 0 Å². The molecular weight excluding hydrogens is 230 g/mol. The highest BCUT2D eigenvalue weighted by Crippen LogP contribution is 2.33. The summed E-state index contributed by atoms with van der Waals surface area (Å²) in [6.45, 7) is 0. The molecule has 0 radical (unpaired) electrons. The molecule has 0 amide bonds. The summed E-state index contributed by atoms with van der Waals surface area (Å²) in [4.78, 5) is 8.70. The second-order valence-electron chi connectivity index (χ2n) is 3.66. The summed E-state index contributed by atoms with van der Waals surface area (Å²) in [5.74, 6) is 0. The zero-order valence-electron chi connectivity index (χ0n) is 9.34. The van der Waals surface area contributed by atoms with E-state index >= 15 is 0 Å². The molecule has 3 nitrogen and oxygen atoms in total. The summed E-state index contributed by atoms with van der Waals surface area (Å²) in [5, 5.41) is 4.22. The van der Waals surface area contributed by atoms with Crippen LogP contribution in [-0.4, -0.2) is 17.0 Å². The molecule has 0 saturated carbocycles. The van der Waals surface area contributed by atoms with Crippen molar-refractivity contribution in [1.29, 1.82) is 0 Å². The molecule has 84 valence electrons. The first kappa shape index (κ1) is 10.2. The molecular formula is C13H11N3S. The first-order chi connectivity index (χ1) is 8.38. The van der Waals surface area contributed by atoms with Gasteiger partial charge in [0, 0.05) is 24.5 Å². The van der Waals surface area contributed by atoms with Gasteiger partial charge < -0.3 is 5.32 Å². The first-order valence-corrected chi connectivity index (χ1v) is 6.18.